The number of anilines is 2. The number of nitrogens with zero attached hydrogens (tertiary/aromatic N) is 3. The van der Waals surface area contributed by atoms with E-state index in [2.05, 4.69) is 10.3 Å². The normalized spacial score (nSPS) is 14.6. The van der Waals surface area contributed by atoms with Crippen molar-refractivity contribution < 1.29 is 14.3 Å². The SMILES string of the molecule is CCn1c(N)c(NC(=O)/C=C/c2ccc(OC3CCOCC3)nc2)c(=O)n(CC)c1=O. The quantitative estimate of drug-likeness (QED) is 0.633. The predicted molar refractivity (Wildman–Crippen MR) is 117 cm³/mol. The Balaban J connectivity index is 1.69. The average Bonchev–Trinajstić information content (AvgIpc) is 2.77. The highest BCUT2D eigenvalue weighted by Gasteiger charge is 2.17. The Morgan fingerprint density at radius 1 is 1.26 bits per heavy atom. The van der Waals surface area contributed by atoms with E-state index in [1.165, 1.54) is 10.6 Å². The van der Waals surface area contributed by atoms with Gasteiger partial charge in [-0.25, -0.2) is 9.78 Å². The lowest BCUT2D eigenvalue weighted by atomic mass is 10.1. The summed E-state index contributed by atoms with van der Waals surface area (Å²) in [7, 11) is 0. The van der Waals surface area contributed by atoms with Gasteiger partial charge in [-0.1, -0.05) is 0 Å². The van der Waals surface area contributed by atoms with Crippen molar-refractivity contribution in [2.75, 3.05) is 24.3 Å². The molecule has 166 valence electrons. The van der Waals surface area contributed by atoms with E-state index in [0.717, 1.165) is 17.4 Å². The molecule has 3 rings (SSSR count). The zero-order valence-corrected chi connectivity index (χ0v) is 17.7. The van der Waals surface area contributed by atoms with E-state index >= 15 is 0 Å². The Bertz CT molecular complexity index is 1070. The van der Waals surface area contributed by atoms with Gasteiger partial charge in [0.1, 0.15) is 17.6 Å². The number of nitrogen functional groups attached to an aromatic ring is 1. The lowest BCUT2D eigenvalue weighted by molar-refractivity contribution is -0.111. The van der Waals surface area contributed by atoms with Gasteiger partial charge < -0.3 is 20.5 Å². The highest BCUT2D eigenvalue weighted by atomic mass is 16.5. The number of hydrogen-bond acceptors (Lipinski definition) is 7. The third kappa shape index (κ3) is 5.21. The molecule has 1 amide bonds. The summed E-state index contributed by atoms with van der Waals surface area (Å²) in [5, 5.41) is 2.49. The Morgan fingerprint density at radius 3 is 2.58 bits per heavy atom. The van der Waals surface area contributed by atoms with Crippen molar-refractivity contribution in [2.24, 2.45) is 0 Å². The van der Waals surface area contributed by atoms with E-state index in [9.17, 15) is 14.4 Å². The Labute approximate surface area is 179 Å². The molecular weight excluding hydrogens is 402 g/mol. The first kappa shape index (κ1) is 22.3. The molecule has 0 aromatic carbocycles. The first-order chi connectivity index (χ1) is 14.9. The van der Waals surface area contributed by atoms with Crippen LogP contribution in [0.1, 0.15) is 32.3 Å². The molecule has 2 aromatic heterocycles. The molecule has 0 aliphatic carbocycles. The minimum Gasteiger partial charge on any atom is -0.474 e. The van der Waals surface area contributed by atoms with Crippen molar-refractivity contribution in [3.63, 3.8) is 0 Å². The number of ether oxygens (including phenoxy) is 2. The minimum atomic E-state index is -0.632. The van der Waals surface area contributed by atoms with Crippen LogP contribution in [0.5, 0.6) is 5.88 Å². The van der Waals surface area contributed by atoms with E-state index in [1.54, 1.807) is 38.3 Å². The number of rotatable bonds is 7. The molecule has 3 N–H and O–H groups in total. The van der Waals surface area contributed by atoms with Gasteiger partial charge >= 0.3 is 5.69 Å². The molecule has 10 heteroatoms. The van der Waals surface area contributed by atoms with Crippen molar-refractivity contribution in [1.82, 2.24) is 14.1 Å². The van der Waals surface area contributed by atoms with Crippen molar-refractivity contribution in [2.45, 2.75) is 45.9 Å². The Morgan fingerprint density at radius 2 is 1.97 bits per heavy atom. The zero-order valence-electron chi connectivity index (χ0n) is 17.7. The summed E-state index contributed by atoms with van der Waals surface area (Å²) in [6.07, 6.45) is 6.18. The maximum Gasteiger partial charge on any atom is 0.332 e. The molecule has 3 heterocycles. The van der Waals surface area contributed by atoms with Crippen molar-refractivity contribution in [3.05, 3.63) is 50.8 Å². The van der Waals surface area contributed by atoms with Crippen LogP contribution in [0.15, 0.2) is 34.0 Å². The second-order valence-corrected chi connectivity index (χ2v) is 7.02. The van der Waals surface area contributed by atoms with E-state index in [-0.39, 0.29) is 30.7 Å². The number of hydrogen-bond donors (Lipinski definition) is 2. The van der Waals surface area contributed by atoms with Crippen LogP contribution in [0.4, 0.5) is 11.5 Å². The smallest absolute Gasteiger partial charge is 0.332 e. The third-order valence-electron chi connectivity index (χ3n) is 4.99. The van der Waals surface area contributed by atoms with E-state index in [4.69, 9.17) is 15.2 Å². The topological polar surface area (TPSA) is 130 Å². The molecule has 0 atom stereocenters. The number of carbonyl (C=O) groups is 1. The van der Waals surface area contributed by atoms with Gasteiger partial charge in [-0.3, -0.25) is 18.7 Å². The molecule has 0 spiro atoms. The number of nitrogens with two attached hydrogens (primary N) is 1. The molecule has 0 bridgehead atoms. The molecule has 1 aliphatic heterocycles. The van der Waals surface area contributed by atoms with Crippen LogP contribution in [0.3, 0.4) is 0 Å². The van der Waals surface area contributed by atoms with E-state index in [1.807, 2.05) is 0 Å². The standard InChI is InChI=1S/C21H27N5O5/c1-3-25-19(22)18(20(28)26(4-2)21(25)29)24-16(27)7-5-14-6-8-17(23-13-14)31-15-9-11-30-12-10-15/h5-8,13,15H,3-4,9-12,22H2,1-2H3,(H,24,27)/b7-5+. The van der Waals surface area contributed by atoms with E-state index in [0.29, 0.717) is 24.7 Å². The summed E-state index contributed by atoms with van der Waals surface area (Å²) in [5.74, 6) is -0.0984. The molecule has 0 unspecified atom stereocenters. The molecule has 10 nitrogen and oxygen atoms in total. The van der Waals surface area contributed by atoms with Crippen LogP contribution in [0.25, 0.3) is 6.08 Å². The second kappa shape index (κ2) is 10.1. The molecule has 1 fully saturated rings. The van der Waals surface area contributed by atoms with Gasteiger partial charge in [-0.2, -0.15) is 0 Å². The van der Waals surface area contributed by atoms with Crippen LogP contribution < -0.4 is 27.0 Å². The Hall–Kier alpha value is -3.40. The molecule has 0 saturated carbocycles. The summed E-state index contributed by atoms with van der Waals surface area (Å²) in [6, 6.07) is 3.52. The van der Waals surface area contributed by atoms with Gasteiger partial charge in [-0.15, -0.1) is 0 Å². The summed E-state index contributed by atoms with van der Waals surface area (Å²) in [5.41, 5.74) is 5.38. The lowest BCUT2D eigenvalue weighted by Gasteiger charge is -2.22. The number of pyridine rings is 1. The summed E-state index contributed by atoms with van der Waals surface area (Å²) >= 11 is 0. The lowest BCUT2D eigenvalue weighted by Crippen LogP contribution is -2.42. The fourth-order valence-electron chi connectivity index (χ4n) is 3.28. The Kier molecular flexibility index (Phi) is 7.24. The van der Waals surface area contributed by atoms with Crippen molar-refractivity contribution in [1.29, 1.82) is 0 Å². The summed E-state index contributed by atoms with van der Waals surface area (Å²) < 4.78 is 13.4. The van der Waals surface area contributed by atoms with Crippen molar-refractivity contribution in [3.8, 4) is 5.88 Å². The first-order valence-corrected chi connectivity index (χ1v) is 10.3. The number of aromatic nitrogens is 3. The highest BCUT2D eigenvalue weighted by Crippen LogP contribution is 2.16. The molecule has 31 heavy (non-hydrogen) atoms. The number of carbonyl (C=O) groups excluding carboxylic acids is 1. The molecule has 0 radical (unpaired) electrons. The molecule has 2 aromatic rings. The van der Waals surface area contributed by atoms with Gasteiger partial charge in [-0.05, 0) is 31.6 Å². The van der Waals surface area contributed by atoms with Gasteiger partial charge in [0.25, 0.3) is 5.56 Å². The van der Waals surface area contributed by atoms with Gasteiger partial charge in [0.15, 0.2) is 0 Å². The second-order valence-electron chi connectivity index (χ2n) is 7.02. The van der Waals surface area contributed by atoms with Crippen LogP contribution in [-0.2, 0) is 22.6 Å². The maximum atomic E-state index is 12.5. The van der Waals surface area contributed by atoms with Crippen LogP contribution in [0, 0.1) is 0 Å². The summed E-state index contributed by atoms with van der Waals surface area (Å²) in [4.78, 5) is 41.4. The van der Waals surface area contributed by atoms with Gasteiger partial charge in [0, 0.05) is 44.3 Å². The fourth-order valence-corrected chi connectivity index (χ4v) is 3.28. The van der Waals surface area contributed by atoms with Crippen molar-refractivity contribution >= 4 is 23.5 Å². The predicted octanol–water partition coefficient (Wildman–Crippen LogP) is 1.24. The van der Waals surface area contributed by atoms with Crippen LogP contribution in [0.2, 0.25) is 0 Å². The average molecular weight is 429 g/mol. The number of nitrogens with one attached hydrogen (secondary N) is 1. The maximum absolute atomic E-state index is 12.5. The molecular formula is C21H27N5O5. The van der Waals surface area contributed by atoms with Crippen LogP contribution in [-0.4, -0.2) is 39.3 Å². The van der Waals surface area contributed by atoms with Crippen LogP contribution >= 0.6 is 0 Å². The number of amides is 1. The van der Waals surface area contributed by atoms with E-state index < -0.39 is 17.2 Å². The molecule has 1 saturated heterocycles. The first-order valence-electron chi connectivity index (χ1n) is 10.3. The monoisotopic (exact) mass is 429 g/mol. The summed E-state index contributed by atoms with van der Waals surface area (Å²) in [6.45, 7) is 5.22. The highest BCUT2D eigenvalue weighted by molar-refractivity contribution is 6.03. The third-order valence-corrected chi connectivity index (χ3v) is 4.99. The minimum absolute atomic E-state index is 0.0692. The zero-order chi connectivity index (χ0) is 22.4. The van der Waals surface area contributed by atoms with Gasteiger partial charge in [0.2, 0.25) is 11.8 Å². The molecule has 1 aliphatic rings. The van der Waals surface area contributed by atoms with Gasteiger partial charge in [0.05, 0.1) is 13.2 Å². The largest absolute Gasteiger partial charge is 0.474 e. The fraction of sp³-hybridized carbons (Fsp3) is 0.429.